The fourth-order valence-electron chi connectivity index (χ4n) is 2.93. The Morgan fingerprint density at radius 1 is 0.750 bits per heavy atom. The number of nitrogens with zero attached hydrogens (tertiary/aromatic N) is 4. The van der Waals surface area contributed by atoms with Crippen molar-refractivity contribution >= 4 is 24.2 Å². The maximum absolute atomic E-state index is 12.1. The minimum atomic E-state index is -1.07. The smallest absolute Gasteiger partial charge is 0.362 e. The standard InChI is InChI=1S/C16H27FN4O7/c17-28-16(27)13-21-7-5-19(11-14(23)24)3-1-18(9-10-22)2-4-20(6-8-21)12-15(25)26/h10H,1-9,11-13H2,(H,23,24)(H,25,26). The van der Waals surface area contributed by atoms with Gasteiger partial charge in [-0.25, -0.2) is 4.79 Å². The third-order valence-electron chi connectivity index (χ3n) is 4.42. The molecule has 1 heterocycles. The van der Waals surface area contributed by atoms with Crippen LogP contribution in [0.3, 0.4) is 0 Å². The Labute approximate surface area is 162 Å². The van der Waals surface area contributed by atoms with Gasteiger partial charge in [-0.2, -0.15) is 0 Å². The molecule has 1 rings (SSSR count). The molecule has 0 spiro atoms. The van der Waals surface area contributed by atoms with E-state index in [1.165, 1.54) is 0 Å². The van der Waals surface area contributed by atoms with Crippen molar-refractivity contribution in [1.82, 2.24) is 19.6 Å². The summed E-state index contributed by atoms with van der Waals surface area (Å²) >= 11 is 0. The average molecular weight is 406 g/mol. The van der Waals surface area contributed by atoms with Gasteiger partial charge in [-0.3, -0.25) is 34.1 Å². The highest BCUT2D eigenvalue weighted by Crippen LogP contribution is 2.01. The third-order valence-corrected chi connectivity index (χ3v) is 4.42. The van der Waals surface area contributed by atoms with Crippen LogP contribution < -0.4 is 0 Å². The molecule has 11 nitrogen and oxygen atoms in total. The van der Waals surface area contributed by atoms with E-state index in [0.29, 0.717) is 39.3 Å². The zero-order chi connectivity index (χ0) is 20.9. The molecular weight excluding hydrogens is 379 g/mol. The number of aldehydes is 1. The number of carboxylic acids is 2. The molecule has 0 bridgehead atoms. The molecule has 0 atom stereocenters. The highest BCUT2D eigenvalue weighted by atomic mass is 19.3. The summed E-state index contributed by atoms with van der Waals surface area (Å²) < 4.78 is 12.1. The molecule has 28 heavy (non-hydrogen) atoms. The Kier molecular flexibility index (Phi) is 11.2. The molecule has 0 aromatic rings. The van der Waals surface area contributed by atoms with Crippen molar-refractivity contribution in [2.75, 3.05) is 78.5 Å². The van der Waals surface area contributed by atoms with E-state index in [4.69, 9.17) is 10.2 Å². The van der Waals surface area contributed by atoms with E-state index in [1.54, 1.807) is 14.7 Å². The monoisotopic (exact) mass is 406 g/mol. The molecule has 1 aliphatic heterocycles. The van der Waals surface area contributed by atoms with Crippen LogP contribution in [0.4, 0.5) is 4.53 Å². The molecule has 0 radical (unpaired) electrons. The lowest BCUT2D eigenvalue weighted by Crippen LogP contribution is -2.48. The lowest BCUT2D eigenvalue weighted by Gasteiger charge is -2.32. The van der Waals surface area contributed by atoms with Crippen molar-refractivity contribution in [1.29, 1.82) is 0 Å². The Balaban J connectivity index is 2.88. The second-order valence-corrected chi connectivity index (χ2v) is 6.53. The van der Waals surface area contributed by atoms with Crippen LogP contribution >= 0.6 is 0 Å². The molecule has 0 saturated carbocycles. The van der Waals surface area contributed by atoms with Gasteiger partial charge in [0.2, 0.25) is 0 Å². The lowest BCUT2D eigenvalue weighted by atomic mass is 10.3. The van der Waals surface area contributed by atoms with E-state index in [0.717, 1.165) is 6.29 Å². The van der Waals surface area contributed by atoms with Crippen LogP contribution in [0.15, 0.2) is 0 Å². The predicted molar refractivity (Wildman–Crippen MR) is 94.3 cm³/mol. The SMILES string of the molecule is O=CCN1CCN(CC(=O)O)CCN(CC(=O)OF)CCN(CC(=O)O)CC1. The maximum Gasteiger partial charge on any atom is 0.362 e. The van der Waals surface area contributed by atoms with Crippen molar-refractivity contribution < 1.29 is 38.9 Å². The molecule has 1 fully saturated rings. The summed E-state index contributed by atoms with van der Waals surface area (Å²) in [6.07, 6.45) is 0.749. The molecule has 0 amide bonds. The number of hydrogen-bond acceptors (Lipinski definition) is 9. The fraction of sp³-hybridized carbons (Fsp3) is 0.750. The number of carboxylic acid groups (broad SMARTS) is 2. The van der Waals surface area contributed by atoms with Gasteiger partial charge >= 0.3 is 17.9 Å². The van der Waals surface area contributed by atoms with Crippen LogP contribution in [0.25, 0.3) is 0 Å². The predicted octanol–water partition coefficient (Wildman–Crippen LogP) is -2.00. The molecule has 0 aromatic carbocycles. The van der Waals surface area contributed by atoms with E-state index >= 15 is 0 Å². The topological polar surface area (TPSA) is 131 Å². The van der Waals surface area contributed by atoms with Gasteiger partial charge in [0.15, 0.2) is 0 Å². The van der Waals surface area contributed by atoms with E-state index in [1.807, 2.05) is 4.90 Å². The highest BCUT2D eigenvalue weighted by Gasteiger charge is 2.20. The van der Waals surface area contributed by atoms with Gasteiger partial charge in [-0.15, -0.1) is 0 Å². The molecule has 2 N–H and O–H groups in total. The van der Waals surface area contributed by atoms with Crippen LogP contribution in [0.1, 0.15) is 0 Å². The maximum atomic E-state index is 12.1. The van der Waals surface area contributed by atoms with Crippen LogP contribution in [0, 0.1) is 0 Å². The molecule has 0 aromatic heterocycles. The fourth-order valence-corrected chi connectivity index (χ4v) is 2.93. The summed E-state index contributed by atoms with van der Waals surface area (Å²) in [7, 11) is 0. The molecule has 0 unspecified atom stereocenters. The second kappa shape index (κ2) is 13.1. The van der Waals surface area contributed by atoms with Crippen LogP contribution in [0.5, 0.6) is 0 Å². The molecular formula is C16H27FN4O7. The largest absolute Gasteiger partial charge is 0.480 e. The van der Waals surface area contributed by atoms with E-state index in [2.05, 4.69) is 4.94 Å². The third kappa shape index (κ3) is 10.3. The van der Waals surface area contributed by atoms with Gasteiger partial charge in [0.1, 0.15) is 12.8 Å². The summed E-state index contributed by atoms with van der Waals surface area (Å²) in [6.45, 7) is 2.20. The van der Waals surface area contributed by atoms with E-state index in [9.17, 15) is 23.7 Å². The lowest BCUT2D eigenvalue weighted by molar-refractivity contribution is -0.185. The normalized spacial score (nSPS) is 19.3. The van der Waals surface area contributed by atoms with Gasteiger partial charge < -0.3 is 15.0 Å². The van der Waals surface area contributed by atoms with Crippen molar-refractivity contribution in [2.45, 2.75) is 0 Å². The van der Waals surface area contributed by atoms with Crippen LogP contribution in [-0.4, -0.2) is 133 Å². The van der Waals surface area contributed by atoms with Crippen LogP contribution in [-0.2, 0) is 24.1 Å². The first-order chi connectivity index (χ1) is 13.3. The van der Waals surface area contributed by atoms with Gasteiger partial charge in [0.05, 0.1) is 19.6 Å². The first-order valence-electron chi connectivity index (χ1n) is 8.92. The molecule has 160 valence electrons. The number of rotatable bonds is 8. The zero-order valence-electron chi connectivity index (χ0n) is 15.7. The average Bonchev–Trinajstić information content (AvgIpc) is 2.62. The number of carbonyl (C=O) groups is 4. The van der Waals surface area contributed by atoms with Gasteiger partial charge in [0.25, 0.3) is 0 Å². The van der Waals surface area contributed by atoms with Gasteiger partial charge in [0, 0.05) is 56.9 Å². The van der Waals surface area contributed by atoms with Crippen molar-refractivity contribution in [3.63, 3.8) is 0 Å². The Hall–Kier alpha value is -2.15. The summed E-state index contributed by atoms with van der Waals surface area (Å²) in [6, 6.07) is 0. The summed E-state index contributed by atoms with van der Waals surface area (Å²) in [5.74, 6) is -3.08. The van der Waals surface area contributed by atoms with Crippen molar-refractivity contribution in [3.05, 3.63) is 0 Å². The number of hydrogen-bond donors (Lipinski definition) is 2. The number of halogens is 1. The minimum absolute atomic E-state index is 0.163. The quantitative estimate of drug-likeness (QED) is 0.434. The molecule has 0 aliphatic carbocycles. The second-order valence-electron chi connectivity index (χ2n) is 6.53. The molecule has 1 aliphatic rings. The number of aliphatic carboxylic acids is 2. The van der Waals surface area contributed by atoms with Crippen molar-refractivity contribution in [3.8, 4) is 0 Å². The molecule has 12 heteroatoms. The highest BCUT2D eigenvalue weighted by molar-refractivity contribution is 5.71. The Morgan fingerprint density at radius 2 is 1.11 bits per heavy atom. The van der Waals surface area contributed by atoms with Crippen molar-refractivity contribution in [2.24, 2.45) is 0 Å². The summed E-state index contributed by atoms with van der Waals surface area (Å²) in [5.41, 5.74) is 0. The zero-order valence-corrected chi connectivity index (χ0v) is 15.7. The van der Waals surface area contributed by atoms with E-state index in [-0.39, 0.29) is 39.3 Å². The number of carbonyl (C=O) groups excluding carboxylic acids is 2. The summed E-state index contributed by atoms with van der Waals surface area (Å²) in [4.78, 5) is 54.4. The minimum Gasteiger partial charge on any atom is -0.480 e. The first-order valence-corrected chi connectivity index (χ1v) is 8.92. The van der Waals surface area contributed by atoms with Crippen LogP contribution in [0.2, 0.25) is 0 Å². The van der Waals surface area contributed by atoms with Gasteiger partial charge in [-0.1, -0.05) is 0 Å². The Bertz CT molecular complexity index is 505. The van der Waals surface area contributed by atoms with Gasteiger partial charge in [-0.05, 0) is 0 Å². The van der Waals surface area contributed by atoms with E-state index < -0.39 is 17.9 Å². The first kappa shape index (κ1) is 23.9. The summed E-state index contributed by atoms with van der Waals surface area (Å²) in [5, 5.41) is 18.2. The Morgan fingerprint density at radius 3 is 1.43 bits per heavy atom. The molecule has 1 saturated heterocycles.